The molecule has 98 valence electrons. The van der Waals surface area contributed by atoms with Gasteiger partial charge in [-0.1, -0.05) is 6.92 Å². The van der Waals surface area contributed by atoms with Crippen LogP contribution in [0.1, 0.15) is 30.6 Å². The lowest BCUT2D eigenvalue weighted by Gasteiger charge is -2.21. The molecule has 0 aliphatic carbocycles. The predicted octanol–water partition coefficient (Wildman–Crippen LogP) is 1.54. The number of hydrogen-bond acceptors (Lipinski definition) is 4. The summed E-state index contributed by atoms with van der Waals surface area (Å²) in [6.07, 6.45) is 0.541. The summed E-state index contributed by atoms with van der Waals surface area (Å²) in [5.41, 5.74) is 5.95. The zero-order chi connectivity index (χ0) is 13.8. The maximum Gasteiger partial charge on any atom is 0.337 e. The van der Waals surface area contributed by atoms with Crippen LogP contribution in [0.5, 0.6) is 0 Å². The summed E-state index contributed by atoms with van der Waals surface area (Å²) in [5.74, 6) is -0.666. The molecular formula is C13H18N2O3. The van der Waals surface area contributed by atoms with Gasteiger partial charge < -0.3 is 15.8 Å². The Morgan fingerprint density at radius 1 is 1.33 bits per heavy atom. The zero-order valence-corrected chi connectivity index (χ0v) is 10.8. The van der Waals surface area contributed by atoms with E-state index in [4.69, 9.17) is 5.73 Å². The molecule has 0 spiro atoms. The predicted molar refractivity (Wildman–Crippen MR) is 69.3 cm³/mol. The summed E-state index contributed by atoms with van der Waals surface area (Å²) >= 11 is 0. The van der Waals surface area contributed by atoms with E-state index in [0.29, 0.717) is 17.7 Å². The second kappa shape index (κ2) is 5.64. The van der Waals surface area contributed by atoms with Gasteiger partial charge in [0.1, 0.15) is 0 Å². The Bertz CT molecular complexity index is 438. The number of hydrogen-bond donors (Lipinski definition) is 2. The first kappa shape index (κ1) is 14.2. The molecule has 0 aromatic heterocycles. The van der Waals surface area contributed by atoms with Crippen LogP contribution in [0, 0.1) is 0 Å². The minimum absolute atomic E-state index is 0.254. The number of methoxy groups -OCH3 is 1. The minimum atomic E-state index is -0.902. The molecule has 0 heterocycles. The first-order valence-corrected chi connectivity index (χ1v) is 5.69. The van der Waals surface area contributed by atoms with Gasteiger partial charge in [-0.15, -0.1) is 0 Å². The van der Waals surface area contributed by atoms with E-state index < -0.39 is 11.5 Å². The summed E-state index contributed by atoms with van der Waals surface area (Å²) in [6.45, 7) is 3.52. The highest BCUT2D eigenvalue weighted by Crippen LogP contribution is 2.13. The van der Waals surface area contributed by atoms with Crippen molar-refractivity contribution in [2.75, 3.05) is 12.4 Å². The lowest BCUT2D eigenvalue weighted by atomic mass is 9.99. The third-order valence-electron chi connectivity index (χ3n) is 2.82. The molecule has 0 aliphatic rings. The SMILES string of the molecule is CCC(C)(N)C(=O)Nc1ccc(C(=O)OC)cc1. The van der Waals surface area contributed by atoms with E-state index in [2.05, 4.69) is 10.1 Å². The highest BCUT2D eigenvalue weighted by atomic mass is 16.5. The molecule has 1 aromatic rings. The Hall–Kier alpha value is -1.88. The fraction of sp³-hybridized carbons (Fsp3) is 0.385. The van der Waals surface area contributed by atoms with Crippen LogP contribution in [0.15, 0.2) is 24.3 Å². The third-order valence-corrected chi connectivity index (χ3v) is 2.82. The van der Waals surface area contributed by atoms with Crippen molar-refractivity contribution >= 4 is 17.6 Å². The quantitative estimate of drug-likeness (QED) is 0.794. The maximum atomic E-state index is 11.8. The highest BCUT2D eigenvalue weighted by molar-refractivity contribution is 5.98. The van der Waals surface area contributed by atoms with Crippen LogP contribution in [0.3, 0.4) is 0 Å². The van der Waals surface area contributed by atoms with Gasteiger partial charge in [-0.25, -0.2) is 4.79 Å². The van der Waals surface area contributed by atoms with Crippen molar-refractivity contribution in [1.82, 2.24) is 0 Å². The average molecular weight is 250 g/mol. The number of amides is 1. The molecule has 3 N–H and O–H groups in total. The number of rotatable bonds is 4. The Kier molecular flexibility index (Phi) is 4.44. The van der Waals surface area contributed by atoms with Gasteiger partial charge in [0, 0.05) is 5.69 Å². The summed E-state index contributed by atoms with van der Waals surface area (Å²) in [4.78, 5) is 23.0. The van der Waals surface area contributed by atoms with Gasteiger partial charge in [-0.3, -0.25) is 4.79 Å². The molecule has 0 saturated heterocycles. The number of nitrogens with two attached hydrogens (primary N) is 1. The Labute approximate surface area is 106 Å². The van der Waals surface area contributed by atoms with Gasteiger partial charge in [0.15, 0.2) is 0 Å². The van der Waals surface area contributed by atoms with Crippen molar-refractivity contribution in [2.24, 2.45) is 5.73 Å². The van der Waals surface area contributed by atoms with Crippen LogP contribution < -0.4 is 11.1 Å². The van der Waals surface area contributed by atoms with E-state index in [9.17, 15) is 9.59 Å². The van der Waals surface area contributed by atoms with E-state index in [-0.39, 0.29) is 5.91 Å². The van der Waals surface area contributed by atoms with Gasteiger partial charge >= 0.3 is 5.97 Å². The van der Waals surface area contributed by atoms with E-state index in [1.165, 1.54) is 7.11 Å². The Morgan fingerprint density at radius 3 is 2.33 bits per heavy atom. The normalized spacial score (nSPS) is 13.6. The lowest BCUT2D eigenvalue weighted by molar-refractivity contribution is -0.120. The second-order valence-corrected chi connectivity index (χ2v) is 4.29. The number of anilines is 1. The van der Waals surface area contributed by atoms with Gasteiger partial charge in [0.2, 0.25) is 5.91 Å². The fourth-order valence-electron chi connectivity index (χ4n) is 1.24. The Balaban J connectivity index is 2.76. The lowest BCUT2D eigenvalue weighted by Crippen LogP contribution is -2.47. The van der Waals surface area contributed by atoms with Crippen LogP contribution in [0.25, 0.3) is 0 Å². The van der Waals surface area contributed by atoms with Crippen molar-refractivity contribution in [3.63, 3.8) is 0 Å². The molecule has 0 fully saturated rings. The molecule has 0 saturated carbocycles. The van der Waals surface area contributed by atoms with Gasteiger partial charge in [0.05, 0.1) is 18.2 Å². The number of ether oxygens (including phenoxy) is 1. The van der Waals surface area contributed by atoms with Gasteiger partial charge in [-0.2, -0.15) is 0 Å². The number of carbonyl (C=O) groups is 2. The first-order valence-electron chi connectivity index (χ1n) is 5.69. The van der Waals surface area contributed by atoms with E-state index in [1.807, 2.05) is 6.92 Å². The molecule has 0 bridgehead atoms. The minimum Gasteiger partial charge on any atom is -0.465 e. The average Bonchev–Trinajstić information content (AvgIpc) is 2.38. The van der Waals surface area contributed by atoms with Crippen LogP contribution in [0.4, 0.5) is 5.69 Å². The van der Waals surface area contributed by atoms with Crippen LogP contribution in [-0.4, -0.2) is 24.5 Å². The monoisotopic (exact) mass is 250 g/mol. The summed E-state index contributed by atoms with van der Waals surface area (Å²) in [5, 5.41) is 2.70. The molecular weight excluding hydrogens is 232 g/mol. The van der Waals surface area contributed by atoms with E-state index in [1.54, 1.807) is 31.2 Å². The number of nitrogens with one attached hydrogen (secondary N) is 1. The third kappa shape index (κ3) is 3.30. The molecule has 1 aromatic carbocycles. The van der Waals surface area contributed by atoms with Crippen molar-refractivity contribution in [3.8, 4) is 0 Å². The van der Waals surface area contributed by atoms with E-state index >= 15 is 0 Å². The molecule has 0 radical (unpaired) electrons. The number of esters is 1. The molecule has 18 heavy (non-hydrogen) atoms. The number of benzene rings is 1. The van der Waals surface area contributed by atoms with Crippen LogP contribution in [-0.2, 0) is 9.53 Å². The molecule has 5 heteroatoms. The molecule has 1 atom stereocenters. The molecule has 1 unspecified atom stereocenters. The summed E-state index contributed by atoms with van der Waals surface area (Å²) in [6, 6.07) is 6.44. The van der Waals surface area contributed by atoms with Crippen LogP contribution >= 0.6 is 0 Å². The highest BCUT2D eigenvalue weighted by Gasteiger charge is 2.25. The van der Waals surface area contributed by atoms with Crippen molar-refractivity contribution < 1.29 is 14.3 Å². The zero-order valence-electron chi connectivity index (χ0n) is 10.8. The first-order chi connectivity index (χ1) is 8.40. The van der Waals surface area contributed by atoms with E-state index in [0.717, 1.165) is 0 Å². The second-order valence-electron chi connectivity index (χ2n) is 4.29. The smallest absolute Gasteiger partial charge is 0.337 e. The Morgan fingerprint density at radius 2 is 1.89 bits per heavy atom. The maximum absolute atomic E-state index is 11.8. The van der Waals surface area contributed by atoms with Crippen molar-refractivity contribution in [1.29, 1.82) is 0 Å². The standard InChI is InChI=1S/C13H18N2O3/c1-4-13(2,14)12(17)15-10-7-5-9(6-8-10)11(16)18-3/h5-8H,4,14H2,1-3H3,(H,15,17). The van der Waals surface area contributed by atoms with Gasteiger partial charge in [-0.05, 0) is 37.6 Å². The van der Waals surface area contributed by atoms with Crippen molar-refractivity contribution in [3.05, 3.63) is 29.8 Å². The summed E-state index contributed by atoms with van der Waals surface area (Å²) < 4.78 is 4.58. The molecule has 1 rings (SSSR count). The molecule has 0 aliphatic heterocycles. The molecule has 5 nitrogen and oxygen atoms in total. The van der Waals surface area contributed by atoms with Crippen molar-refractivity contribution in [2.45, 2.75) is 25.8 Å². The molecule has 1 amide bonds. The largest absolute Gasteiger partial charge is 0.465 e. The van der Waals surface area contributed by atoms with Crippen LogP contribution in [0.2, 0.25) is 0 Å². The summed E-state index contributed by atoms with van der Waals surface area (Å²) in [7, 11) is 1.32. The number of carbonyl (C=O) groups excluding carboxylic acids is 2. The topological polar surface area (TPSA) is 81.4 Å². The van der Waals surface area contributed by atoms with Gasteiger partial charge in [0.25, 0.3) is 0 Å². The fourth-order valence-corrected chi connectivity index (χ4v) is 1.24.